The molecule has 6 rings (SSSR count). The van der Waals surface area contributed by atoms with Gasteiger partial charge in [0.1, 0.15) is 17.1 Å². The van der Waals surface area contributed by atoms with Crippen LogP contribution in [0.4, 0.5) is 27.6 Å². The van der Waals surface area contributed by atoms with Crippen molar-refractivity contribution < 1.29 is 35.2 Å². The minimum atomic E-state index is -5.32. The van der Waals surface area contributed by atoms with Gasteiger partial charge in [0.05, 0.1) is 24.1 Å². The summed E-state index contributed by atoms with van der Waals surface area (Å²) in [5.41, 5.74) is 2.39. The van der Waals surface area contributed by atoms with E-state index in [0.717, 1.165) is 31.4 Å². The van der Waals surface area contributed by atoms with E-state index in [1.165, 1.54) is 23.6 Å². The first-order valence-electron chi connectivity index (χ1n) is 13.5. The minimum absolute atomic E-state index is 0.0670. The van der Waals surface area contributed by atoms with Crippen LogP contribution in [0.3, 0.4) is 0 Å². The number of nitrogens with zero attached hydrogens (tertiary/aromatic N) is 6. The van der Waals surface area contributed by atoms with Crippen LogP contribution < -0.4 is 4.90 Å². The Balaban J connectivity index is 1.33. The number of aromatic nitrogens is 5. The number of fused-ring (bicyclic) bond motifs is 1. The summed E-state index contributed by atoms with van der Waals surface area (Å²) in [6.07, 6.45) is 8.51. The fraction of sp³-hybridized carbons (Fsp3) is 0.370. The van der Waals surface area contributed by atoms with Gasteiger partial charge in [-0.3, -0.25) is 14.8 Å². The molecular formula is C27H24F5N7O3S. The molecule has 1 saturated carbocycles. The summed E-state index contributed by atoms with van der Waals surface area (Å²) >= 11 is 0. The van der Waals surface area contributed by atoms with Crippen molar-refractivity contribution in [3.05, 3.63) is 71.1 Å². The molecule has 4 aromatic rings. The number of hydrogen-bond acceptors (Lipinski definition) is 7. The van der Waals surface area contributed by atoms with Gasteiger partial charge in [0, 0.05) is 24.3 Å². The van der Waals surface area contributed by atoms with Crippen LogP contribution in [0.2, 0.25) is 0 Å². The number of H-pyrrole nitrogens is 1. The molecule has 0 radical (unpaired) electrons. The van der Waals surface area contributed by atoms with E-state index in [1.807, 2.05) is 0 Å². The molecule has 2 aliphatic rings. The summed E-state index contributed by atoms with van der Waals surface area (Å²) in [5.74, 6) is -12.8. The fourth-order valence-corrected chi connectivity index (χ4v) is 7.26. The van der Waals surface area contributed by atoms with Crippen LogP contribution in [0.5, 0.6) is 0 Å². The second-order valence-corrected chi connectivity index (χ2v) is 12.3. The van der Waals surface area contributed by atoms with Gasteiger partial charge in [0.2, 0.25) is 21.7 Å². The smallest absolute Gasteiger partial charge is 0.249 e. The number of rotatable bonds is 7. The molecular weight excluding hydrogens is 597 g/mol. The second-order valence-electron chi connectivity index (χ2n) is 10.5. The molecule has 0 spiro atoms. The first kappa shape index (κ1) is 29.0. The number of halogens is 5. The molecule has 0 bridgehead atoms. The Hall–Kier alpha value is -4.05. The van der Waals surface area contributed by atoms with Crippen molar-refractivity contribution in [1.29, 1.82) is 0 Å². The van der Waals surface area contributed by atoms with Crippen molar-refractivity contribution >= 4 is 32.7 Å². The topological polar surface area (TPSA) is 125 Å². The molecule has 226 valence electrons. The molecule has 2 aromatic heterocycles. The van der Waals surface area contributed by atoms with Crippen LogP contribution in [-0.4, -0.2) is 56.6 Å². The van der Waals surface area contributed by atoms with Gasteiger partial charge in [0.25, 0.3) is 0 Å². The number of carbonyl (C=O) groups excluding carboxylic acids is 1. The molecule has 16 heteroatoms. The van der Waals surface area contributed by atoms with Crippen LogP contribution in [0, 0.1) is 29.1 Å². The maximum absolute atomic E-state index is 14.5. The van der Waals surface area contributed by atoms with Crippen molar-refractivity contribution in [3.8, 4) is 0 Å². The molecule has 2 aromatic carbocycles. The second kappa shape index (κ2) is 11.2. The van der Waals surface area contributed by atoms with E-state index in [9.17, 15) is 35.2 Å². The maximum Gasteiger partial charge on any atom is 0.249 e. The zero-order valence-electron chi connectivity index (χ0n) is 22.4. The van der Waals surface area contributed by atoms with Crippen LogP contribution in [0.25, 0.3) is 11.0 Å². The lowest BCUT2D eigenvalue weighted by atomic mass is 9.87. The molecule has 1 saturated heterocycles. The normalized spacial score (nSPS) is 18.1. The molecule has 1 atom stereocenters. The first-order valence-corrected chi connectivity index (χ1v) is 15.0. The quantitative estimate of drug-likeness (QED) is 0.183. The van der Waals surface area contributed by atoms with Crippen LogP contribution in [0.15, 0.2) is 35.5 Å². The lowest BCUT2D eigenvalue weighted by Gasteiger charge is -2.41. The molecule has 1 unspecified atom stereocenters. The van der Waals surface area contributed by atoms with Gasteiger partial charge in [-0.05, 0) is 37.5 Å². The van der Waals surface area contributed by atoms with Crippen LogP contribution >= 0.6 is 0 Å². The summed E-state index contributed by atoms with van der Waals surface area (Å²) < 4.78 is 97.1. The van der Waals surface area contributed by atoms with E-state index in [-0.39, 0.29) is 25.2 Å². The Morgan fingerprint density at radius 3 is 2.19 bits per heavy atom. The maximum atomic E-state index is 14.5. The third kappa shape index (κ3) is 5.11. The average molecular weight is 622 g/mol. The Morgan fingerprint density at radius 1 is 0.884 bits per heavy atom. The molecule has 1 amide bonds. The summed E-state index contributed by atoms with van der Waals surface area (Å²) in [4.78, 5) is 22.1. The van der Waals surface area contributed by atoms with Crippen molar-refractivity contribution in [3.63, 3.8) is 0 Å². The van der Waals surface area contributed by atoms with Gasteiger partial charge in [-0.15, -0.1) is 0 Å². The van der Waals surface area contributed by atoms with Crippen molar-refractivity contribution in [1.82, 2.24) is 29.7 Å². The zero-order chi connectivity index (χ0) is 30.5. The molecule has 1 aliphatic carbocycles. The number of carbonyl (C=O) groups is 1. The Kier molecular flexibility index (Phi) is 7.58. The number of aromatic amines is 1. The third-order valence-electron chi connectivity index (χ3n) is 7.94. The van der Waals surface area contributed by atoms with Crippen molar-refractivity contribution in [2.24, 2.45) is 0 Å². The van der Waals surface area contributed by atoms with Gasteiger partial charge < -0.3 is 4.90 Å². The van der Waals surface area contributed by atoms with Gasteiger partial charge in [-0.2, -0.15) is 19.7 Å². The average Bonchev–Trinajstić information content (AvgIpc) is 3.46. The molecule has 3 heterocycles. The monoisotopic (exact) mass is 621 g/mol. The van der Waals surface area contributed by atoms with Crippen molar-refractivity contribution in [2.45, 2.75) is 61.9 Å². The summed E-state index contributed by atoms with van der Waals surface area (Å²) in [7, 11) is -5.32. The number of nitrogens with one attached hydrogen (secondary N) is 1. The standard InChI is InChI=1S/C27H24F5N7O3S/c28-21-22(29)24(31)26(25(32)23(21)30)43(41,42)39-9-8-20(39)27(40)38(16-6-7-17-18(10-16)36-37-35-17)13-15-11-34-19(12-33-15)14-4-2-1-3-5-14/h6-7,10-12,14,20H,1-5,8-9,13H2,(H,35,36,37). The lowest BCUT2D eigenvalue weighted by Crippen LogP contribution is -2.59. The van der Waals surface area contributed by atoms with Gasteiger partial charge in [-0.25, -0.2) is 30.4 Å². The van der Waals surface area contributed by atoms with E-state index in [2.05, 4.69) is 25.4 Å². The highest BCUT2D eigenvalue weighted by Gasteiger charge is 2.48. The molecule has 43 heavy (non-hydrogen) atoms. The fourth-order valence-electron chi connectivity index (χ4n) is 5.52. The van der Waals surface area contributed by atoms with Gasteiger partial charge in [-0.1, -0.05) is 19.3 Å². The van der Waals surface area contributed by atoms with E-state index >= 15 is 0 Å². The Bertz CT molecular complexity index is 1780. The Labute approximate surface area is 242 Å². The highest BCUT2D eigenvalue weighted by molar-refractivity contribution is 7.89. The summed E-state index contributed by atoms with van der Waals surface area (Å²) in [5, 5.41) is 10.4. The molecule has 1 N–H and O–H groups in total. The predicted octanol–water partition coefficient (Wildman–Crippen LogP) is 4.49. The van der Waals surface area contributed by atoms with E-state index in [4.69, 9.17) is 0 Å². The lowest BCUT2D eigenvalue weighted by molar-refractivity contribution is -0.125. The SMILES string of the molecule is O=C(C1CCN1S(=O)(=O)c1c(F)c(F)c(F)c(F)c1F)N(Cc1cnc(C2CCCCC2)cn1)c1ccc2n[nH]nc2c1. The van der Waals surface area contributed by atoms with Gasteiger partial charge in [0.15, 0.2) is 28.2 Å². The van der Waals surface area contributed by atoms with Crippen LogP contribution in [-0.2, 0) is 21.4 Å². The summed E-state index contributed by atoms with van der Waals surface area (Å²) in [6, 6.07) is 3.16. The first-order chi connectivity index (χ1) is 20.6. The highest BCUT2D eigenvalue weighted by Crippen LogP contribution is 2.35. The molecule has 10 nitrogen and oxygen atoms in total. The highest BCUT2D eigenvalue weighted by atomic mass is 32.2. The third-order valence-corrected chi connectivity index (χ3v) is 9.87. The zero-order valence-corrected chi connectivity index (χ0v) is 23.2. The van der Waals surface area contributed by atoms with Gasteiger partial charge >= 0.3 is 0 Å². The predicted molar refractivity (Wildman–Crippen MR) is 141 cm³/mol. The number of hydrogen-bond donors (Lipinski definition) is 1. The van der Waals surface area contributed by atoms with Crippen LogP contribution in [0.1, 0.15) is 55.8 Å². The molecule has 1 aliphatic heterocycles. The van der Waals surface area contributed by atoms with E-state index in [1.54, 1.807) is 18.3 Å². The number of sulfonamides is 1. The van der Waals surface area contributed by atoms with Crippen molar-refractivity contribution in [2.75, 3.05) is 11.4 Å². The number of anilines is 1. The largest absolute Gasteiger partial charge is 0.305 e. The summed E-state index contributed by atoms with van der Waals surface area (Å²) in [6.45, 7) is -0.544. The van der Waals surface area contributed by atoms with E-state index < -0.39 is 56.0 Å². The minimum Gasteiger partial charge on any atom is -0.305 e. The number of benzene rings is 2. The molecule has 2 fully saturated rings. The van der Waals surface area contributed by atoms with E-state index in [0.29, 0.717) is 27.0 Å². The number of amides is 1. The Morgan fingerprint density at radius 2 is 1.56 bits per heavy atom.